The first-order valence-corrected chi connectivity index (χ1v) is 30.8. The van der Waals surface area contributed by atoms with Gasteiger partial charge in [0.15, 0.2) is 6.10 Å². The Morgan fingerprint density at radius 3 is 1.19 bits per heavy atom. The van der Waals surface area contributed by atoms with Gasteiger partial charge in [0.2, 0.25) is 0 Å². The molecule has 10 heteroatoms. The van der Waals surface area contributed by atoms with E-state index in [-0.39, 0.29) is 32.0 Å². The lowest BCUT2D eigenvalue weighted by molar-refractivity contribution is -0.870. The van der Waals surface area contributed by atoms with Crippen molar-refractivity contribution in [2.45, 2.75) is 251 Å². The van der Waals surface area contributed by atoms with E-state index in [0.29, 0.717) is 17.4 Å². The number of esters is 2. The van der Waals surface area contributed by atoms with Gasteiger partial charge >= 0.3 is 19.8 Å². The molecule has 0 amide bonds. The number of quaternary nitrogens is 1. The van der Waals surface area contributed by atoms with Crippen LogP contribution in [0.25, 0.3) is 0 Å². The Morgan fingerprint density at radius 2 is 0.792 bits per heavy atom. The van der Waals surface area contributed by atoms with Crippen molar-refractivity contribution in [1.82, 2.24) is 0 Å². The lowest BCUT2D eigenvalue weighted by atomic mass is 10.0. The van der Waals surface area contributed by atoms with E-state index in [0.717, 1.165) is 89.9 Å². The first-order chi connectivity index (χ1) is 35.0. The van der Waals surface area contributed by atoms with Crippen LogP contribution in [0.4, 0.5) is 0 Å². The van der Waals surface area contributed by atoms with Gasteiger partial charge in [-0.25, -0.2) is 4.57 Å². The van der Waals surface area contributed by atoms with E-state index in [4.69, 9.17) is 18.5 Å². The van der Waals surface area contributed by atoms with Crippen molar-refractivity contribution in [3.63, 3.8) is 0 Å². The molecule has 0 radical (unpaired) electrons. The fourth-order valence-electron chi connectivity index (χ4n) is 7.90. The molecule has 0 heterocycles. The fraction of sp³-hybridized carbons (Fsp3) is 0.742. The fourth-order valence-corrected chi connectivity index (χ4v) is 8.64. The zero-order valence-corrected chi connectivity index (χ0v) is 48.0. The highest BCUT2D eigenvalue weighted by Crippen LogP contribution is 2.43. The molecule has 2 atom stereocenters. The topological polar surface area (TPSA) is 108 Å². The van der Waals surface area contributed by atoms with Gasteiger partial charge in [-0.05, 0) is 89.9 Å². The van der Waals surface area contributed by atoms with Gasteiger partial charge < -0.3 is 18.9 Å². The molecule has 0 saturated carbocycles. The molecule has 0 aromatic heterocycles. The largest absolute Gasteiger partial charge is 0.472 e. The monoisotopic (exact) mass is 1030 g/mol. The molecule has 2 unspecified atom stereocenters. The van der Waals surface area contributed by atoms with E-state index in [1.54, 1.807) is 0 Å². The van der Waals surface area contributed by atoms with E-state index < -0.39 is 26.5 Å². The molecule has 0 saturated heterocycles. The number of hydrogen-bond acceptors (Lipinski definition) is 7. The molecule has 72 heavy (non-hydrogen) atoms. The quantitative estimate of drug-likeness (QED) is 0.0211. The zero-order chi connectivity index (χ0) is 52.7. The van der Waals surface area contributed by atoms with Crippen molar-refractivity contribution in [1.29, 1.82) is 0 Å². The molecule has 0 spiro atoms. The second-order valence-corrected chi connectivity index (χ2v) is 22.1. The number of allylic oxidation sites excluding steroid dienone is 14. The van der Waals surface area contributed by atoms with E-state index in [1.165, 1.54) is 122 Å². The maximum absolute atomic E-state index is 12.8. The van der Waals surface area contributed by atoms with Gasteiger partial charge in [-0.1, -0.05) is 227 Å². The number of phosphoric ester groups is 1. The molecular weight excluding hydrogens is 918 g/mol. The van der Waals surface area contributed by atoms with Crippen molar-refractivity contribution in [3.8, 4) is 0 Å². The predicted octanol–water partition coefficient (Wildman–Crippen LogP) is 18.3. The van der Waals surface area contributed by atoms with Gasteiger partial charge in [0, 0.05) is 12.8 Å². The van der Waals surface area contributed by atoms with Crippen LogP contribution in [0.3, 0.4) is 0 Å². The number of rotatable bonds is 53. The third-order valence-corrected chi connectivity index (χ3v) is 13.4. The maximum Gasteiger partial charge on any atom is 0.472 e. The number of likely N-dealkylation sites (N-methyl/N-ethyl adjacent to an activating group) is 1. The average Bonchev–Trinajstić information content (AvgIpc) is 3.34. The van der Waals surface area contributed by atoms with Crippen LogP contribution in [0.2, 0.25) is 0 Å². The van der Waals surface area contributed by atoms with Crippen molar-refractivity contribution in [3.05, 3.63) is 85.1 Å². The molecule has 0 aliphatic heterocycles. The van der Waals surface area contributed by atoms with Crippen LogP contribution in [-0.2, 0) is 32.7 Å². The molecule has 0 aromatic rings. The number of hydrogen-bond donors (Lipinski definition) is 1. The molecule has 0 aliphatic rings. The molecule has 416 valence electrons. The van der Waals surface area contributed by atoms with Gasteiger partial charge in [-0.2, -0.15) is 0 Å². The molecule has 9 nitrogen and oxygen atoms in total. The normalized spacial score (nSPS) is 13.9. The van der Waals surface area contributed by atoms with Gasteiger partial charge in [0.25, 0.3) is 0 Å². The SMILES string of the molecule is CC/C=C\C/C=C\C/C=C\C/C=C\C/C=C\C/C=C\CCCCCCCCCCCCCCC(=O)OC(COC(=O)CCCCCCCCC/C=C\CCCCCCCC)COP(=O)(O)OCC[N+](C)(C)C. The summed E-state index contributed by atoms with van der Waals surface area (Å²) in [7, 11) is 1.47. The molecule has 0 fully saturated rings. The van der Waals surface area contributed by atoms with Crippen LogP contribution in [0.1, 0.15) is 245 Å². The van der Waals surface area contributed by atoms with E-state index >= 15 is 0 Å². The summed E-state index contributed by atoms with van der Waals surface area (Å²) >= 11 is 0. The molecule has 0 bridgehead atoms. The summed E-state index contributed by atoms with van der Waals surface area (Å²) in [6.45, 7) is 4.32. The summed E-state index contributed by atoms with van der Waals surface area (Å²) < 4.78 is 34.6. The summed E-state index contributed by atoms with van der Waals surface area (Å²) in [6, 6.07) is 0. The minimum atomic E-state index is -4.39. The zero-order valence-electron chi connectivity index (χ0n) is 47.1. The summed E-state index contributed by atoms with van der Waals surface area (Å²) in [4.78, 5) is 35.7. The Labute approximate surface area is 443 Å². The highest BCUT2D eigenvalue weighted by molar-refractivity contribution is 7.47. The number of ether oxygens (including phenoxy) is 2. The molecule has 0 aliphatic carbocycles. The summed E-state index contributed by atoms with van der Waals surface area (Å²) in [5, 5.41) is 0. The Morgan fingerprint density at radius 1 is 0.444 bits per heavy atom. The number of phosphoric acid groups is 1. The molecular formula is C62H111NO8P+. The van der Waals surface area contributed by atoms with Crippen LogP contribution in [0, 0.1) is 0 Å². The number of carbonyl (C=O) groups excluding carboxylic acids is 2. The lowest BCUT2D eigenvalue weighted by Crippen LogP contribution is -2.37. The minimum Gasteiger partial charge on any atom is -0.462 e. The second kappa shape index (κ2) is 53.0. The van der Waals surface area contributed by atoms with Gasteiger partial charge in [0.05, 0.1) is 27.7 Å². The van der Waals surface area contributed by atoms with E-state index in [2.05, 4.69) is 98.9 Å². The first-order valence-electron chi connectivity index (χ1n) is 29.3. The highest BCUT2D eigenvalue weighted by Gasteiger charge is 2.27. The van der Waals surface area contributed by atoms with Crippen LogP contribution < -0.4 is 0 Å². The van der Waals surface area contributed by atoms with Gasteiger partial charge in [-0.3, -0.25) is 18.6 Å². The van der Waals surface area contributed by atoms with Crippen LogP contribution >= 0.6 is 7.82 Å². The molecule has 1 N–H and O–H groups in total. The first kappa shape index (κ1) is 69.2. The second-order valence-electron chi connectivity index (χ2n) is 20.6. The Balaban J connectivity index is 4.14. The minimum absolute atomic E-state index is 0.0280. The summed E-state index contributed by atoms with van der Waals surface area (Å²) in [6.07, 6.45) is 70.8. The summed E-state index contributed by atoms with van der Waals surface area (Å²) in [5.74, 6) is -0.803. The van der Waals surface area contributed by atoms with Crippen LogP contribution in [-0.4, -0.2) is 74.9 Å². The van der Waals surface area contributed by atoms with Crippen LogP contribution in [0.5, 0.6) is 0 Å². The van der Waals surface area contributed by atoms with Crippen molar-refractivity contribution in [2.24, 2.45) is 0 Å². The van der Waals surface area contributed by atoms with Crippen molar-refractivity contribution >= 4 is 19.8 Å². The maximum atomic E-state index is 12.8. The third-order valence-electron chi connectivity index (χ3n) is 12.4. The number of nitrogens with zero attached hydrogens (tertiary/aromatic N) is 1. The summed E-state index contributed by atoms with van der Waals surface area (Å²) in [5.41, 5.74) is 0. The highest BCUT2D eigenvalue weighted by atomic mass is 31.2. The van der Waals surface area contributed by atoms with Crippen molar-refractivity contribution < 1.29 is 42.1 Å². The van der Waals surface area contributed by atoms with E-state index in [9.17, 15) is 19.0 Å². The van der Waals surface area contributed by atoms with Gasteiger partial charge in [0.1, 0.15) is 19.8 Å². The molecule has 0 rings (SSSR count). The predicted molar refractivity (Wildman–Crippen MR) is 307 cm³/mol. The standard InChI is InChI=1S/C62H110NO8P/c1-6-8-10-12-14-16-18-20-22-24-25-26-27-28-29-30-31-32-33-34-35-36-37-39-41-43-45-47-49-51-53-55-62(65)71-60(59-70-72(66,67)69-57-56-63(3,4)5)58-68-61(64)54-52-50-48-46-44-42-40-38-23-21-19-17-15-13-11-9-7-2/h8,10,14,16,20-23,25-26,28-29,31-32,60H,6-7,9,11-13,15,17-19,24,27,30,33-59H2,1-5H3/p+1/b10-8-,16-14-,22-20-,23-21-,26-25-,29-28-,32-31-. The van der Waals surface area contributed by atoms with Crippen molar-refractivity contribution in [2.75, 3.05) is 47.5 Å². The Hall–Kier alpha value is -2.81. The number of unbranched alkanes of at least 4 members (excludes halogenated alkanes) is 25. The van der Waals surface area contributed by atoms with Gasteiger partial charge in [-0.15, -0.1) is 0 Å². The van der Waals surface area contributed by atoms with Crippen LogP contribution in [0.15, 0.2) is 85.1 Å². The van der Waals surface area contributed by atoms with E-state index in [1.807, 2.05) is 21.1 Å². The number of carbonyl (C=O) groups is 2. The Bertz CT molecular complexity index is 1490. The average molecular weight is 1030 g/mol. The smallest absolute Gasteiger partial charge is 0.462 e. The third kappa shape index (κ3) is 56.5. The molecule has 0 aromatic carbocycles. The Kier molecular flexibility index (Phi) is 51.0. The lowest BCUT2D eigenvalue weighted by Gasteiger charge is -2.24.